The van der Waals surface area contributed by atoms with Crippen LogP contribution in [0.5, 0.6) is 5.75 Å². The number of ether oxygens (including phenoxy) is 1. The standard InChI is InChI=1S/C13H13N3O/c14-13-12(15-7-8-16-13)9-1-3-10(4-2-9)17-11-5-6-11/h1-4,7-8,11H,5-6H2,(H2,14,16). The Kier molecular flexibility index (Phi) is 2.40. The molecular formula is C13H13N3O. The maximum Gasteiger partial charge on any atom is 0.149 e. The van der Waals surface area contributed by atoms with E-state index in [2.05, 4.69) is 9.97 Å². The highest BCUT2D eigenvalue weighted by Crippen LogP contribution is 2.29. The van der Waals surface area contributed by atoms with Crippen molar-refractivity contribution < 1.29 is 4.74 Å². The fourth-order valence-corrected chi connectivity index (χ4v) is 1.64. The van der Waals surface area contributed by atoms with Crippen molar-refractivity contribution >= 4 is 5.82 Å². The van der Waals surface area contributed by atoms with Crippen LogP contribution in [0.3, 0.4) is 0 Å². The molecule has 0 saturated heterocycles. The van der Waals surface area contributed by atoms with Crippen LogP contribution in [0.4, 0.5) is 5.82 Å². The third kappa shape index (κ3) is 2.20. The first-order chi connectivity index (χ1) is 8.33. The zero-order valence-corrected chi connectivity index (χ0v) is 9.34. The van der Waals surface area contributed by atoms with E-state index < -0.39 is 0 Å². The normalized spacial score (nSPS) is 14.6. The summed E-state index contributed by atoms with van der Waals surface area (Å²) in [6.45, 7) is 0. The van der Waals surface area contributed by atoms with Crippen LogP contribution in [-0.2, 0) is 0 Å². The van der Waals surface area contributed by atoms with Crippen molar-refractivity contribution in [3.05, 3.63) is 36.7 Å². The number of aromatic nitrogens is 2. The molecule has 0 unspecified atom stereocenters. The summed E-state index contributed by atoms with van der Waals surface area (Å²) in [6, 6.07) is 7.81. The number of hydrogen-bond donors (Lipinski definition) is 1. The fourth-order valence-electron chi connectivity index (χ4n) is 1.64. The lowest BCUT2D eigenvalue weighted by Crippen LogP contribution is -1.97. The monoisotopic (exact) mass is 227 g/mol. The summed E-state index contributed by atoms with van der Waals surface area (Å²) in [5.41, 5.74) is 7.45. The second-order valence-corrected chi connectivity index (χ2v) is 4.13. The molecule has 2 aromatic rings. The van der Waals surface area contributed by atoms with Crippen LogP contribution in [0.25, 0.3) is 11.3 Å². The second-order valence-electron chi connectivity index (χ2n) is 4.13. The largest absolute Gasteiger partial charge is 0.490 e. The molecular weight excluding hydrogens is 214 g/mol. The predicted molar refractivity (Wildman–Crippen MR) is 65.5 cm³/mol. The first-order valence-electron chi connectivity index (χ1n) is 5.66. The molecule has 0 spiro atoms. The van der Waals surface area contributed by atoms with Crippen LogP contribution in [0.2, 0.25) is 0 Å². The quantitative estimate of drug-likeness (QED) is 0.873. The first kappa shape index (κ1) is 10.1. The van der Waals surface area contributed by atoms with Crippen molar-refractivity contribution in [3.63, 3.8) is 0 Å². The zero-order chi connectivity index (χ0) is 11.7. The number of rotatable bonds is 3. The highest BCUT2D eigenvalue weighted by molar-refractivity contribution is 5.69. The molecule has 3 rings (SSSR count). The zero-order valence-electron chi connectivity index (χ0n) is 9.34. The van der Waals surface area contributed by atoms with Gasteiger partial charge in [0.1, 0.15) is 17.3 Å². The maximum absolute atomic E-state index is 5.78. The number of anilines is 1. The minimum absolute atomic E-state index is 0.419. The maximum atomic E-state index is 5.78. The molecule has 1 heterocycles. The fraction of sp³-hybridized carbons (Fsp3) is 0.231. The molecule has 1 saturated carbocycles. The van der Waals surface area contributed by atoms with Crippen LogP contribution in [0.1, 0.15) is 12.8 Å². The van der Waals surface area contributed by atoms with Crippen LogP contribution in [0.15, 0.2) is 36.7 Å². The van der Waals surface area contributed by atoms with E-state index in [0.717, 1.165) is 11.3 Å². The molecule has 1 fully saturated rings. The number of nitrogen functional groups attached to an aromatic ring is 1. The summed E-state index contributed by atoms with van der Waals surface area (Å²) in [5, 5.41) is 0. The Hall–Kier alpha value is -2.10. The summed E-state index contributed by atoms with van der Waals surface area (Å²) in [4.78, 5) is 8.24. The molecule has 0 amide bonds. The SMILES string of the molecule is Nc1nccnc1-c1ccc(OC2CC2)cc1. The molecule has 86 valence electrons. The molecule has 4 nitrogen and oxygen atoms in total. The minimum atomic E-state index is 0.419. The topological polar surface area (TPSA) is 61.0 Å². The highest BCUT2D eigenvalue weighted by Gasteiger charge is 2.23. The summed E-state index contributed by atoms with van der Waals surface area (Å²) >= 11 is 0. The number of nitrogens with zero attached hydrogens (tertiary/aromatic N) is 2. The van der Waals surface area contributed by atoms with Gasteiger partial charge in [-0.1, -0.05) is 0 Å². The average molecular weight is 227 g/mol. The van der Waals surface area contributed by atoms with E-state index in [-0.39, 0.29) is 0 Å². The molecule has 0 aliphatic heterocycles. The number of nitrogens with two attached hydrogens (primary N) is 1. The van der Waals surface area contributed by atoms with Gasteiger partial charge < -0.3 is 10.5 Å². The van der Waals surface area contributed by atoms with Crippen LogP contribution in [0, 0.1) is 0 Å². The van der Waals surface area contributed by atoms with Gasteiger partial charge in [-0.05, 0) is 37.1 Å². The Labute approximate surface area is 99.5 Å². The lowest BCUT2D eigenvalue weighted by Gasteiger charge is -2.06. The molecule has 0 atom stereocenters. The van der Waals surface area contributed by atoms with Gasteiger partial charge in [-0.25, -0.2) is 4.98 Å². The molecule has 1 aromatic carbocycles. The molecule has 1 aliphatic carbocycles. The van der Waals surface area contributed by atoms with Gasteiger partial charge in [-0.3, -0.25) is 4.98 Å². The van der Waals surface area contributed by atoms with E-state index in [9.17, 15) is 0 Å². The Morgan fingerprint density at radius 1 is 1.06 bits per heavy atom. The Morgan fingerprint density at radius 2 is 1.76 bits per heavy atom. The van der Waals surface area contributed by atoms with Gasteiger partial charge in [0.05, 0.1) is 6.10 Å². The van der Waals surface area contributed by atoms with Crippen molar-refractivity contribution in [2.45, 2.75) is 18.9 Å². The predicted octanol–water partition coefficient (Wildman–Crippen LogP) is 2.27. The van der Waals surface area contributed by atoms with Crippen molar-refractivity contribution in [1.82, 2.24) is 9.97 Å². The van der Waals surface area contributed by atoms with E-state index in [1.165, 1.54) is 12.8 Å². The molecule has 4 heteroatoms. The molecule has 2 N–H and O–H groups in total. The first-order valence-corrected chi connectivity index (χ1v) is 5.66. The van der Waals surface area contributed by atoms with E-state index in [0.29, 0.717) is 17.6 Å². The van der Waals surface area contributed by atoms with Gasteiger partial charge in [0.25, 0.3) is 0 Å². The van der Waals surface area contributed by atoms with Crippen molar-refractivity contribution in [2.24, 2.45) is 0 Å². The van der Waals surface area contributed by atoms with E-state index in [1.54, 1.807) is 12.4 Å². The molecule has 1 aliphatic rings. The summed E-state index contributed by atoms with van der Waals surface area (Å²) < 4.78 is 5.68. The van der Waals surface area contributed by atoms with Crippen LogP contribution < -0.4 is 10.5 Å². The molecule has 1 aromatic heterocycles. The minimum Gasteiger partial charge on any atom is -0.490 e. The summed E-state index contributed by atoms with van der Waals surface area (Å²) in [6.07, 6.45) is 5.98. The van der Waals surface area contributed by atoms with Gasteiger partial charge >= 0.3 is 0 Å². The Morgan fingerprint density at radius 3 is 2.41 bits per heavy atom. The summed E-state index contributed by atoms with van der Waals surface area (Å²) in [7, 11) is 0. The molecule has 17 heavy (non-hydrogen) atoms. The average Bonchev–Trinajstić information content (AvgIpc) is 3.15. The van der Waals surface area contributed by atoms with Gasteiger partial charge in [0.15, 0.2) is 0 Å². The Balaban J connectivity index is 1.86. The van der Waals surface area contributed by atoms with E-state index in [4.69, 9.17) is 10.5 Å². The van der Waals surface area contributed by atoms with Crippen molar-refractivity contribution in [3.8, 4) is 17.0 Å². The Bertz CT molecular complexity index is 520. The van der Waals surface area contributed by atoms with Crippen molar-refractivity contribution in [2.75, 3.05) is 5.73 Å². The van der Waals surface area contributed by atoms with Crippen LogP contribution in [-0.4, -0.2) is 16.1 Å². The number of hydrogen-bond acceptors (Lipinski definition) is 4. The van der Waals surface area contributed by atoms with E-state index >= 15 is 0 Å². The molecule has 0 radical (unpaired) electrons. The number of benzene rings is 1. The van der Waals surface area contributed by atoms with Gasteiger partial charge in [-0.2, -0.15) is 0 Å². The van der Waals surface area contributed by atoms with Crippen molar-refractivity contribution in [1.29, 1.82) is 0 Å². The third-order valence-electron chi connectivity index (χ3n) is 2.68. The molecule has 0 bridgehead atoms. The highest BCUT2D eigenvalue weighted by atomic mass is 16.5. The van der Waals surface area contributed by atoms with Gasteiger partial charge in [0.2, 0.25) is 0 Å². The van der Waals surface area contributed by atoms with Gasteiger partial charge in [-0.15, -0.1) is 0 Å². The summed E-state index contributed by atoms with van der Waals surface area (Å²) in [5.74, 6) is 1.35. The lowest BCUT2D eigenvalue weighted by molar-refractivity contribution is 0.303. The second kappa shape index (κ2) is 4.05. The lowest BCUT2D eigenvalue weighted by atomic mass is 10.1. The van der Waals surface area contributed by atoms with E-state index in [1.807, 2.05) is 24.3 Å². The van der Waals surface area contributed by atoms with Gasteiger partial charge in [0, 0.05) is 18.0 Å². The smallest absolute Gasteiger partial charge is 0.149 e. The third-order valence-corrected chi connectivity index (χ3v) is 2.68. The van der Waals surface area contributed by atoms with Crippen LogP contribution >= 0.6 is 0 Å².